The van der Waals surface area contributed by atoms with Gasteiger partial charge in [0.1, 0.15) is 11.6 Å². The molecule has 1 heterocycles. The number of nitrogens with one attached hydrogen (secondary N) is 1. The summed E-state index contributed by atoms with van der Waals surface area (Å²) >= 11 is 3.16. The Hall–Kier alpha value is -1.40. The van der Waals surface area contributed by atoms with Crippen molar-refractivity contribution in [2.45, 2.75) is 33.4 Å². The third-order valence-corrected chi connectivity index (χ3v) is 3.69. The fourth-order valence-corrected chi connectivity index (χ4v) is 2.33. The molecule has 114 valence electrons. The maximum Gasteiger partial charge on any atom is 0.222 e. The van der Waals surface area contributed by atoms with E-state index in [1.165, 1.54) is 6.07 Å². The predicted octanol–water partition coefficient (Wildman–Crippen LogP) is 3.92. The Bertz CT molecular complexity index is 640. The van der Waals surface area contributed by atoms with Crippen molar-refractivity contribution in [3.05, 3.63) is 39.7 Å². The molecule has 0 radical (unpaired) electrons. The fraction of sp³-hybridized carbons (Fsp3) is 0.400. The molecule has 0 saturated heterocycles. The summed E-state index contributed by atoms with van der Waals surface area (Å²) < 4.78 is 21.2. The molecule has 0 fully saturated rings. The molecule has 2 aromatic rings. The molecule has 21 heavy (non-hydrogen) atoms. The van der Waals surface area contributed by atoms with Gasteiger partial charge in [0.2, 0.25) is 5.88 Å². The molecule has 2 rings (SSSR count). The van der Waals surface area contributed by atoms with E-state index in [0.717, 1.165) is 11.3 Å². The van der Waals surface area contributed by atoms with Crippen LogP contribution < -0.4 is 10.1 Å². The van der Waals surface area contributed by atoms with Crippen LogP contribution in [0.4, 0.5) is 4.39 Å². The van der Waals surface area contributed by atoms with Gasteiger partial charge in [-0.15, -0.1) is 0 Å². The van der Waals surface area contributed by atoms with Gasteiger partial charge in [-0.1, -0.05) is 13.8 Å². The van der Waals surface area contributed by atoms with Crippen LogP contribution in [0.25, 0.3) is 0 Å². The van der Waals surface area contributed by atoms with Crippen LogP contribution in [0.2, 0.25) is 0 Å². The van der Waals surface area contributed by atoms with E-state index in [1.54, 1.807) is 16.8 Å². The average molecular weight is 356 g/mol. The highest BCUT2D eigenvalue weighted by atomic mass is 79.9. The minimum atomic E-state index is -0.315. The van der Waals surface area contributed by atoms with Gasteiger partial charge in [0.05, 0.1) is 15.7 Å². The van der Waals surface area contributed by atoms with Gasteiger partial charge in [0.15, 0.2) is 0 Å². The third-order valence-electron chi connectivity index (χ3n) is 3.08. The zero-order chi connectivity index (χ0) is 15.6. The Morgan fingerprint density at radius 3 is 2.76 bits per heavy atom. The number of aryl methyl sites for hydroxylation is 2. The molecule has 1 aromatic carbocycles. The summed E-state index contributed by atoms with van der Waals surface area (Å²) in [5.41, 5.74) is 1.92. The van der Waals surface area contributed by atoms with Crippen molar-refractivity contribution < 1.29 is 9.13 Å². The second kappa shape index (κ2) is 6.58. The van der Waals surface area contributed by atoms with Crippen LogP contribution in [0, 0.1) is 12.7 Å². The van der Waals surface area contributed by atoms with Gasteiger partial charge < -0.3 is 10.1 Å². The Balaban J connectivity index is 2.28. The molecular formula is C15H19BrFN3O. The summed E-state index contributed by atoms with van der Waals surface area (Å²) in [7, 11) is 1.83. The highest BCUT2D eigenvalue weighted by molar-refractivity contribution is 9.10. The van der Waals surface area contributed by atoms with Crippen LogP contribution in [-0.2, 0) is 13.6 Å². The summed E-state index contributed by atoms with van der Waals surface area (Å²) in [5, 5.41) is 7.75. The molecule has 0 atom stereocenters. The summed E-state index contributed by atoms with van der Waals surface area (Å²) in [6, 6.07) is 4.95. The second-order valence-corrected chi connectivity index (χ2v) is 6.06. The van der Waals surface area contributed by atoms with E-state index >= 15 is 0 Å². The van der Waals surface area contributed by atoms with Gasteiger partial charge in [-0.3, -0.25) is 0 Å². The van der Waals surface area contributed by atoms with Crippen LogP contribution in [0.15, 0.2) is 22.7 Å². The standard InChI is InChI=1S/C15H19BrFN3O/c1-9(2)18-8-12-10(3)19-20(4)15(12)21-11-5-6-14(17)13(16)7-11/h5-7,9,18H,8H2,1-4H3. The van der Waals surface area contributed by atoms with E-state index in [0.29, 0.717) is 28.7 Å². The first-order chi connectivity index (χ1) is 9.88. The lowest BCUT2D eigenvalue weighted by atomic mass is 10.2. The molecule has 4 nitrogen and oxygen atoms in total. The van der Waals surface area contributed by atoms with Crippen molar-refractivity contribution in [2.24, 2.45) is 7.05 Å². The Morgan fingerprint density at radius 2 is 2.14 bits per heavy atom. The van der Waals surface area contributed by atoms with Crippen molar-refractivity contribution in [3.63, 3.8) is 0 Å². The average Bonchev–Trinajstić information content (AvgIpc) is 2.66. The first-order valence-corrected chi connectivity index (χ1v) is 7.56. The molecule has 0 aliphatic carbocycles. The van der Waals surface area contributed by atoms with Gasteiger partial charge in [-0.25, -0.2) is 9.07 Å². The summed E-state index contributed by atoms with van der Waals surface area (Å²) in [4.78, 5) is 0. The number of halogens is 2. The molecule has 0 saturated carbocycles. The van der Waals surface area contributed by atoms with Crippen molar-refractivity contribution in [1.82, 2.24) is 15.1 Å². The Labute approximate surface area is 132 Å². The monoisotopic (exact) mass is 355 g/mol. The van der Waals surface area contributed by atoms with E-state index in [1.807, 2.05) is 14.0 Å². The molecule has 0 aliphatic rings. The van der Waals surface area contributed by atoms with Gasteiger partial charge in [0.25, 0.3) is 0 Å². The molecule has 0 aliphatic heterocycles. The molecule has 0 spiro atoms. The van der Waals surface area contributed by atoms with Crippen LogP contribution >= 0.6 is 15.9 Å². The minimum absolute atomic E-state index is 0.315. The zero-order valence-corrected chi connectivity index (χ0v) is 14.2. The van der Waals surface area contributed by atoms with Crippen LogP contribution in [-0.4, -0.2) is 15.8 Å². The lowest BCUT2D eigenvalue weighted by Crippen LogP contribution is -2.22. The maximum atomic E-state index is 13.3. The van der Waals surface area contributed by atoms with Crippen molar-refractivity contribution >= 4 is 15.9 Å². The van der Waals surface area contributed by atoms with E-state index in [2.05, 4.69) is 40.2 Å². The topological polar surface area (TPSA) is 39.1 Å². The van der Waals surface area contributed by atoms with Crippen LogP contribution in [0.3, 0.4) is 0 Å². The molecule has 1 N–H and O–H groups in total. The van der Waals surface area contributed by atoms with Crippen molar-refractivity contribution in [1.29, 1.82) is 0 Å². The smallest absolute Gasteiger partial charge is 0.222 e. The molecule has 0 unspecified atom stereocenters. The largest absolute Gasteiger partial charge is 0.439 e. The highest BCUT2D eigenvalue weighted by Gasteiger charge is 2.16. The molecular weight excluding hydrogens is 337 g/mol. The van der Waals surface area contributed by atoms with E-state index in [-0.39, 0.29) is 5.82 Å². The normalized spacial score (nSPS) is 11.2. The first kappa shape index (κ1) is 16.0. The highest BCUT2D eigenvalue weighted by Crippen LogP contribution is 2.29. The minimum Gasteiger partial charge on any atom is -0.439 e. The number of benzene rings is 1. The number of hydrogen-bond acceptors (Lipinski definition) is 3. The zero-order valence-electron chi connectivity index (χ0n) is 12.6. The summed E-state index contributed by atoms with van der Waals surface area (Å²) in [5.74, 6) is 0.918. The summed E-state index contributed by atoms with van der Waals surface area (Å²) in [6.45, 7) is 6.80. The van der Waals surface area contributed by atoms with Crippen LogP contribution in [0.5, 0.6) is 11.6 Å². The van der Waals surface area contributed by atoms with Crippen molar-refractivity contribution in [3.8, 4) is 11.6 Å². The second-order valence-electron chi connectivity index (χ2n) is 5.21. The van der Waals surface area contributed by atoms with E-state index < -0.39 is 0 Å². The lowest BCUT2D eigenvalue weighted by molar-refractivity contribution is 0.421. The molecule has 0 bridgehead atoms. The third kappa shape index (κ3) is 3.83. The number of ether oxygens (including phenoxy) is 1. The number of rotatable bonds is 5. The summed E-state index contributed by atoms with van der Waals surface area (Å²) in [6.07, 6.45) is 0. The van der Waals surface area contributed by atoms with E-state index in [4.69, 9.17) is 4.74 Å². The quantitative estimate of drug-likeness (QED) is 0.883. The number of nitrogens with zero attached hydrogens (tertiary/aromatic N) is 2. The lowest BCUT2D eigenvalue weighted by Gasteiger charge is -2.11. The molecule has 6 heteroatoms. The van der Waals surface area contributed by atoms with Gasteiger partial charge in [0, 0.05) is 19.6 Å². The molecule has 1 aromatic heterocycles. The number of aromatic nitrogens is 2. The predicted molar refractivity (Wildman–Crippen MR) is 84.1 cm³/mol. The Kier molecular flexibility index (Phi) is 5.00. The Morgan fingerprint density at radius 1 is 1.43 bits per heavy atom. The maximum absolute atomic E-state index is 13.3. The molecule has 0 amide bonds. The van der Waals surface area contributed by atoms with Gasteiger partial charge in [-0.2, -0.15) is 5.10 Å². The van der Waals surface area contributed by atoms with E-state index in [9.17, 15) is 4.39 Å². The fourth-order valence-electron chi connectivity index (χ4n) is 1.97. The van der Waals surface area contributed by atoms with Gasteiger partial charge >= 0.3 is 0 Å². The van der Waals surface area contributed by atoms with Crippen LogP contribution in [0.1, 0.15) is 25.1 Å². The first-order valence-electron chi connectivity index (χ1n) is 6.77. The van der Waals surface area contributed by atoms with Gasteiger partial charge in [-0.05, 0) is 41.1 Å². The SMILES string of the molecule is Cc1nn(C)c(Oc2ccc(F)c(Br)c2)c1CNC(C)C. The number of hydrogen-bond donors (Lipinski definition) is 1. The van der Waals surface area contributed by atoms with Crippen molar-refractivity contribution in [2.75, 3.05) is 0 Å².